The van der Waals surface area contributed by atoms with Crippen molar-refractivity contribution in [3.8, 4) is 0 Å². The first-order chi connectivity index (χ1) is 10.4. The van der Waals surface area contributed by atoms with Crippen LogP contribution in [0.25, 0.3) is 6.08 Å². The molecule has 0 fully saturated rings. The molecule has 1 heteroatoms. The van der Waals surface area contributed by atoms with E-state index in [0.29, 0.717) is 10.1 Å². The van der Waals surface area contributed by atoms with E-state index in [-0.39, 0.29) is 0 Å². The van der Waals surface area contributed by atoms with Crippen LogP contribution in [0.5, 0.6) is 0 Å². The fraction of sp³-hybridized carbons (Fsp3) is 0.381. The summed E-state index contributed by atoms with van der Waals surface area (Å²) in [6.45, 7) is 14.2. The average molecular weight is 326 g/mol. The molecule has 0 spiro atoms. The molecule has 1 aromatic rings. The molecule has 2 aliphatic rings. The Morgan fingerprint density at radius 2 is 1.68 bits per heavy atom. The summed E-state index contributed by atoms with van der Waals surface area (Å²) >= 11 is -1.51. The van der Waals surface area contributed by atoms with Crippen LogP contribution in [0.1, 0.15) is 56.9 Å². The molecule has 0 heterocycles. The molecule has 0 aromatic heterocycles. The molecule has 0 N–H and O–H groups in total. The monoisotopic (exact) mass is 326 g/mol. The number of allylic oxidation sites excluding steroid dienone is 5. The summed E-state index contributed by atoms with van der Waals surface area (Å²) in [5.41, 5.74) is 7.73. The first-order valence-corrected chi connectivity index (χ1v) is 10.7. The Labute approximate surface area is 141 Å². The van der Waals surface area contributed by atoms with E-state index in [2.05, 4.69) is 78.0 Å². The Morgan fingerprint density at radius 1 is 1.00 bits per heavy atom. The van der Waals surface area contributed by atoms with Gasteiger partial charge in [0.05, 0.1) is 0 Å². The number of hydrogen-bond donors (Lipinski definition) is 0. The average Bonchev–Trinajstić information content (AvgIpc) is 2.99. The van der Waals surface area contributed by atoms with Gasteiger partial charge in [-0.1, -0.05) is 0 Å². The molecule has 0 saturated heterocycles. The molecule has 2 unspecified atom stereocenters. The van der Waals surface area contributed by atoms with E-state index in [0.717, 1.165) is 0 Å². The van der Waals surface area contributed by atoms with Crippen molar-refractivity contribution in [2.75, 3.05) is 0 Å². The van der Waals surface area contributed by atoms with E-state index in [1.165, 1.54) is 5.56 Å². The molecule has 1 aromatic carbocycles. The summed E-state index contributed by atoms with van der Waals surface area (Å²) in [7, 11) is 0. The second-order valence-corrected chi connectivity index (χ2v) is 11.6. The van der Waals surface area contributed by atoms with Gasteiger partial charge in [0.1, 0.15) is 0 Å². The van der Waals surface area contributed by atoms with Crippen LogP contribution < -0.4 is 0 Å². The third-order valence-corrected chi connectivity index (χ3v) is 11.2. The van der Waals surface area contributed by atoms with E-state index < -0.39 is 17.4 Å². The molecule has 0 aliphatic heterocycles. The normalized spacial score (nSPS) is 23.4. The number of hydrogen-bond acceptors (Lipinski definition) is 0. The Morgan fingerprint density at radius 3 is 2.27 bits per heavy atom. The molecule has 114 valence electrons. The molecule has 0 amide bonds. The van der Waals surface area contributed by atoms with Gasteiger partial charge in [0, 0.05) is 0 Å². The summed E-state index contributed by atoms with van der Waals surface area (Å²) in [4.78, 5) is 0. The van der Waals surface area contributed by atoms with Crippen LogP contribution in [0.2, 0.25) is 0 Å². The van der Waals surface area contributed by atoms with E-state index in [1.807, 2.05) is 0 Å². The molecular weight excluding hydrogens is 300 g/mol. The van der Waals surface area contributed by atoms with Crippen LogP contribution in [-0.4, -0.2) is 3.81 Å². The molecule has 3 rings (SSSR count). The molecule has 0 radical (unpaired) electrons. The van der Waals surface area contributed by atoms with Gasteiger partial charge in [-0.25, -0.2) is 0 Å². The predicted molar refractivity (Wildman–Crippen MR) is 94.8 cm³/mol. The molecule has 22 heavy (non-hydrogen) atoms. The summed E-state index contributed by atoms with van der Waals surface area (Å²) < 4.78 is 4.16. The van der Waals surface area contributed by atoms with Crippen molar-refractivity contribution in [2.24, 2.45) is 5.92 Å². The van der Waals surface area contributed by atoms with E-state index in [4.69, 9.17) is 0 Å². The van der Waals surface area contributed by atoms with Gasteiger partial charge >= 0.3 is 141 Å². The van der Waals surface area contributed by atoms with Crippen LogP contribution in [0.15, 0.2) is 50.9 Å². The second-order valence-electron chi connectivity index (χ2n) is 6.95. The third-order valence-electron chi connectivity index (χ3n) is 5.58. The molecule has 0 saturated carbocycles. The van der Waals surface area contributed by atoms with Gasteiger partial charge in [-0.15, -0.1) is 0 Å². The SMILES string of the molecule is CC1=C(C)C(C)[C]([Ti](=[C](C)C)[CH]2C=Cc3ccccc32)=C1C. The summed E-state index contributed by atoms with van der Waals surface area (Å²) in [6, 6.07) is 8.97. The molecule has 0 nitrogen and oxygen atoms in total. The van der Waals surface area contributed by atoms with Gasteiger partial charge in [-0.2, -0.15) is 0 Å². The topological polar surface area (TPSA) is 0 Å². The summed E-state index contributed by atoms with van der Waals surface area (Å²) in [6.07, 6.45) is 4.83. The number of rotatable bonds is 2. The molecule has 2 aliphatic carbocycles. The Balaban J connectivity index is 2.13. The Kier molecular flexibility index (Phi) is 4.27. The van der Waals surface area contributed by atoms with Gasteiger partial charge in [0.2, 0.25) is 0 Å². The summed E-state index contributed by atoms with van der Waals surface area (Å²) in [5.74, 6) is 0.645. The van der Waals surface area contributed by atoms with Crippen LogP contribution in [0, 0.1) is 5.92 Å². The van der Waals surface area contributed by atoms with Crippen LogP contribution in [-0.2, 0) is 17.4 Å². The molecule has 0 bridgehead atoms. The van der Waals surface area contributed by atoms with Crippen LogP contribution in [0.3, 0.4) is 0 Å². The molecule has 2 atom stereocenters. The first kappa shape index (κ1) is 15.9. The van der Waals surface area contributed by atoms with Crippen molar-refractivity contribution >= 4 is 9.89 Å². The van der Waals surface area contributed by atoms with Crippen molar-refractivity contribution in [1.82, 2.24) is 0 Å². The van der Waals surface area contributed by atoms with Gasteiger partial charge in [-0.05, 0) is 0 Å². The minimum absolute atomic E-state index is 0.645. The van der Waals surface area contributed by atoms with Crippen molar-refractivity contribution in [3.63, 3.8) is 0 Å². The van der Waals surface area contributed by atoms with Crippen LogP contribution >= 0.6 is 0 Å². The third kappa shape index (κ3) is 2.37. The number of benzene rings is 1. The Hall–Kier alpha value is -0.976. The standard InChI is InChI=1S/C9H7.C9H13.C3H6.Ti/c1-2-5-9-7-3-6-8(9)4-1;1-6-5-7(2)9(4)8(6)3;1-3-2;/h1-7H;6H,1-4H3;1-2H3;. The zero-order chi connectivity index (χ0) is 16.0. The van der Waals surface area contributed by atoms with Gasteiger partial charge in [0.15, 0.2) is 0 Å². The zero-order valence-corrected chi connectivity index (χ0v) is 16.2. The van der Waals surface area contributed by atoms with Crippen molar-refractivity contribution in [1.29, 1.82) is 0 Å². The fourth-order valence-corrected chi connectivity index (χ4v) is 9.72. The quantitative estimate of drug-likeness (QED) is 0.599. The fourth-order valence-electron chi connectivity index (χ4n) is 4.05. The van der Waals surface area contributed by atoms with E-state index >= 15 is 0 Å². The minimum atomic E-state index is -1.51. The molecular formula is C21H26Ti. The van der Waals surface area contributed by atoms with Crippen molar-refractivity contribution < 1.29 is 17.4 Å². The summed E-state index contributed by atoms with van der Waals surface area (Å²) in [5, 5.41) is 0. The first-order valence-electron chi connectivity index (χ1n) is 8.26. The second kappa shape index (κ2) is 5.91. The van der Waals surface area contributed by atoms with E-state index in [1.54, 1.807) is 30.0 Å². The zero-order valence-electron chi connectivity index (χ0n) is 14.6. The number of fused-ring (bicyclic) bond motifs is 1. The van der Waals surface area contributed by atoms with Gasteiger partial charge < -0.3 is 0 Å². The van der Waals surface area contributed by atoms with Crippen molar-refractivity contribution in [2.45, 2.75) is 45.8 Å². The predicted octanol–water partition coefficient (Wildman–Crippen LogP) is 5.85. The van der Waals surface area contributed by atoms with Gasteiger partial charge in [0.25, 0.3) is 0 Å². The Bertz CT molecular complexity index is 752. The van der Waals surface area contributed by atoms with Crippen molar-refractivity contribution in [3.05, 3.63) is 62.1 Å². The maximum absolute atomic E-state index is 2.49. The van der Waals surface area contributed by atoms with E-state index in [9.17, 15) is 0 Å². The maximum atomic E-state index is 2.49. The van der Waals surface area contributed by atoms with Gasteiger partial charge in [-0.3, -0.25) is 0 Å². The van der Waals surface area contributed by atoms with Crippen LogP contribution in [0.4, 0.5) is 0 Å².